The first-order chi connectivity index (χ1) is 15.6. The van der Waals surface area contributed by atoms with Crippen LogP contribution in [0.25, 0.3) is 10.9 Å². The lowest BCUT2D eigenvalue weighted by Crippen LogP contribution is -2.24. The molecule has 3 rings (SSSR count). The zero-order valence-electron chi connectivity index (χ0n) is 19.3. The number of halogens is 2. The average molecular weight is 485 g/mol. The fraction of sp³-hybridized carbons (Fsp3) is 0.240. The topological polar surface area (TPSA) is 58.6 Å². The SMILES string of the molecule is C=C(C)N(/C=C\C)c1cc(C)nc2c(OCc3c(Cl)cnc(N(C)C(C)=O)c3Cl)cccc12. The van der Waals surface area contributed by atoms with Gasteiger partial charge in [0.2, 0.25) is 5.91 Å². The smallest absolute Gasteiger partial charge is 0.224 e. The summed E-state index contributed by atoms with van der Waals surface area (Å²) in [5.74, 6) is 0.720. The molecule has 0 unspecified atom stereocenters. The first-order valence-electron chi connectivity index (χ1n) is 10.3. The van der Waals surface area contributed by atoms with Gasteiger partial charge in [0.1, 0.15) is 17.9 Å². The van der Waals surface area contributed by atoms with E-state index in [4.69, 9.17) is 32.9 Å². The Labute approximate surface area is 204 Å². The van der Waals surface area contributed by atoms with E-state index in [-0.39, 0.29) is 17.5 Å². The van der Waals surface area contributed by atoms with Crippen LogP contribution in [0.4, 0.5) is 11.5 Å². The number of carbonyl (C=O) groups excluding carboxylic acids is 1. The van der Waals surface area contributed by atoms with Crippen LogP contribution in [0.2, 0.25) is 10.0 Å². The molecule has 2 aromatic heterocycles. The number of allylic oxidation sites excluding steroid dienone is 2. The summed E-state index contributed by atoms with van der Waals surface area (Å²) in [5.41, 5.74) is 3.93. The molecule has 33 heavy (non-hydrogen) atoms. The van der Waals surface area contributed by atoms with E-state index in [2.05, 4.69) is 11.6 Å². The van der Waals surface area contributed by atoms with E-state index < -0.39 is 0 Å². The van der Waals surface area contributed by atoms with Crippen LogP contribution < -0.4 is 14.5 Å². The molecule has 0 aliphatic heterocycles. The van der Waals surface area contributed by atoms with Crippen molar-refractivity contribution < 1.29 is 9.53 Å². The average Bonchev–Trinajstić information content (AvgIpc) is 2.76. The lowest BCUT2D eigenvalue weighted by Gasteiger charge is -2.23. The summed E-state index contributed by atoms with van der Waals surface area (Å²) in [7, 11) is 1.60. The Bertz CT molecular complexity index is 1260. The van der Waals surface area contributed by atoms with Crippen LogP contribution in [0, 0.1) is 6.92 Å². The van der Waals surface area contributed by atoms with Gasteiger partial charge in [0.25, 0.3) is 0 Å². The third-order valence-electron chi connectivity index (χ3n) is 5.09. The van der Waals surface area contributed by atoms with E-state index >= 15 is 0 Å². The Morgan fingerprint density at radius 3 is 2.64 bits per heavy atom. The minimum Gasteiger partial charge on any atom is -0.487 e. The van der Waals surface area contributed by atoms with Crippen molar-refractivity contribution >= 4 is 51.5 Å². The van der Waals surface area contributed by atoms with Crippen molar-refractivity contribution in [2.75, 3.05) is 16.8 Å². The van der Waals surface area contributed by atoms with Gasteiger partial charge in [0.15, 0.2) is 5.82 Å². The van der Waals surface area contributed by atoms with Gasteiger partial charge in [-0.25, -0.2) is 9.97 Å². The van der Waals surface area contributed by atoms with Crippen LogP contribution in [0.1, 0.15) is 32.0 Å². The summed E-state index contributed by atoms with van der Waals surface area (Å²) < 4.78 is 6.15. The van der Waals surface area contributed by atoms with Crippen LogP contribution >= 0.6 is 23.2 Å². The minimum absolute atomic E-state index is 0.0854. The number of pyridine rings is 2. The Kier molecular flexibility index (Phi) is 7.61. The molecule has 172 valence electrons. The number of hydrogen-bond acceptors (Lipinski definition) is 5. The third-order valence-corrected chi connectivity index (χ3v) is 5.81. The van der Waals surface area contributed by atoms with Gasteiger partial charge < -0.3 is 9.64 Å². The number of nitrogens with zero attached hydrogens (tertiary/aromatic N) is 4. The number of aryl methyl sites for hydroxylation is 1. The molecule has 1 amide bonds. The van der Waals surface area contributed by atoms with E-state index in [0.717, 1.165) is 22.5 Å². The first kappa shape index (κ1) is 24.6. The Balaban J connectivity index is 2.05. The number of fused-ring (bicyclic) bond motifs is 1. The molecule has 3 aromatic rings. The number of rotatable bonds is 7. The molecule has 0 N–H and O–H groups in total. The molecule has 0 radical (unpaired) electrons. The molecule has 0 fully saturated rings. The quantitative estimate of drug-likeness (QED) is 0.374. The zero-order chi connectivity index (χ0) is 24.3. The van der Waals surface area contributed by atoms with Crippen LogP contribution in [-0.2, 0) is 11.4 Å². The number of para-hydroxylation sites is 1. The summed E-state index contributed by atoms with van der Waals surface area (Å²) in [6, 6.07) is 7.77. The minimum atomic E-state index is -0.192. The van der Waals surface area contributed by atoms with Gasteiger partial charge in [0.05, 0.1) is 15.7 Å². The highest BCUT2D eigenvalue weighted by Crippen LogP contribution is 2.36. The van der Waals surface area contributed by atoms with E-state index in [1.165, 1.54) is 18.0 Å². The van der Waals surface area contributed by atoms with Gasteiger partial charge in [-0.05, 0) is 32.9 Å². The Hall–Kier alpha value is -3.09. The highest BCUT2D eigenvalue weighted by atomic mass is 35.5. The highest BCUT2D eigenvalue weighted by Gasteiger charge is 2.19. The fourth-order valence-electron chi connectivity index (χ4n) is 3.36. The third kappa shape index (κ3) is 5.13. The maximum Gasteiger partial charge on any atom is 0.224 e. The molecule has 0 saturated carbocycles. The second-order valence-corrected chi connectivity index (χ2v) is 8.40. The molecule has 0 aliphatic rings. The van der Waals surface area contributed by atoms with Gasteiger partial charge in [-0.1, -0.05) is 48.0 Å². The van der Waals surface area contributed by atoms with Crippen molar-refractivity contribution in [3.63, 3.8) is 0 Å². The molecule has 0 spiro atoms. The van der Waals surface area contributed by atoms with Crippen molar-refractivity contribution in [2.24, 2.45) is 0 Å². The lowest BCUT2D eigenvalue weighted by molar-refractivity contribution is -0.116. The van der Waals surface area contributed by atoms with Gasteiger partial charge in [-0.2, -0.15) is 0 Å². The monoisotopic (exact) mass is 484 g/mol. The van der Waals surface area contributed by atoms with Crippen molar-refractivity contribution in [1.29, 1.82) is 0 Å². The first-order valence-corrected chi connectivity index (χ1v) is 11.1. The summed E-state index contributed by atoms with van der Waals surface area (Å²) in [4.78, 5) is 24.1. The second kappa shape index (κ2) is 10.2. The van der Waals surface area contributed by atoms with Gasteiger partial charge >= 0.3 is 0 Å². The van der Waals surface area contributed by atoms with E-state index in [9.17, 15) is 4.79 Å². The van der Waals surface area contributed by atoms with Crippen LogP contribution in [0.5, 0.6) is 5.75 Å². The number of ether oxygens (including phenoxy) is 1. The van der Waals surface area contributed by atoms with Crippen LogP contribution in [0.3, 0.4) is 0 Å². The standard InChI is InChI=1S/C25H26Cl2N4O2/c1-7-11-31(15(2)3)21-12-16(4)29-24-18(21)9-8-10-22(24)33-14-19-20(26)13-28-25(23(19)27)30(6)17(5)32/h7-13H,2,14H2,1,3-6H3/b11-7-. The normalized spacial score (nSPS) is 11.1. The summed E-state index contributed by atoms with van der Waals surface area (Å²) in [6.45, 7) is 11.5. The Morgan fingerprint density at radius 1 is 1.27 bits per heavy atom. The van der Waals surface area contributed by atoms with Crippen molar-refractivity contribution in [3.8, 4) is 5.75 Å². The van der Waals surface area contributed by atoms with E-state index in [1.807, 2.05) is 62.2 Å². The molecule has 8 heteroatoms. The number of amides is 1. The lowest BCUT2D eigenvalue weighted by atomic mass is 10.1. The number of benzene rings is 1. The summed E-state index contributed by atoms with van der Waals surface area (Å²) >= 11 is 12.9. The molecule has 0 bridgehead atoms. The zero-order valence-corrected chi connectivity index (χ0v) is 20.8. The number of anilines is 2. The van der Waals surface area contributed by atoms with Gasteiger partial charge in [-0.3, -0.25) is 9.69 Å². The molecule has 0 aliphatic carbocycles. The van der Waals surface area contributed by atoms with Crippen LogP contribution in [-0.4, -0.2) is 22.9 Å². The highest BCUT2D eigenvalue weighted by molar-refractivity contribution is 6.37. The van der Waals surface area contributed by atoms with Crippen molar-refractivity contribution in [1.82, 2.24) is 9.97 Å². The maximum absolute atomic E-state index is 11.8. The van der Waals surface area contributed by atoms with E-state index in [1.54, 1.807) is 7.05 Å². The largest absolute Gasteiger partial charge is 0.487 e. The number of carbonyl (C=O) groups is 1. The molecule has 2 heterocycles. The molecule has 0 saturated heterocycles. The number of aromatic nitrogens is 2. The molecule has 0 atom stereocenters. The second-order valence-electron chi connectivity index (χ2n) is 7.61. The predicted molar refractivity (Wildman–Crippen MR) is 136 cm³/mol. The maximum atomic E-state index is 11.8. The number of hydrogen-bond donors (Lipinski definition) is 0. The molecule has 1 aromatic carbocycles. The summed E-state index contributed by atoms with van der Waals surface area (Å²) in [6.07, 6.45) is 5.39. The summed E-state index contributed by atoms with van der Waals surface area (Å²) in [5, 5.41) is 1.54. The van der Waals surface area contributed by atoms with Crippen molar-refractivity contribution in [3.05, 3.63) is 76.3 Å². The fourth-order valence-corrected chi connectivity index (χ4v) is 3.94. The van der Waals surface area contributed by atoms with Gasteiger partial charge in [-0.15, -0.1) is 0 Å². The molecular weight excluding hydrogens is 459 g/mol. The van der Waals surface area contributed by atoms with Gasteiger partial charge in [0, 0.05) is 48.7 Å². The Morgan fingerprint density at radius 2 is 2.00 bits per heavy atom. The van der Waals surface area contributed by atoms with Crippen LogP contribution in [0.15, 0.2) is 55.0 Å². The van der Waals surface area contributed by atoms with Crippen molar-refractivity contribution in [2.45, 2.75) is 34.3 Å². The molecule has 6 nitrogen and oxygen atoms in total. The predicted octanol–water partition coefficient (Wildman–Crippen LogP) is 6.68. The van der Waals surface area contributed by atoms with E-state index in [0.29, 0.717) is 27.7 Å². The molecular formula is C25H26Cl2N4O2.